The Bertz CT molecular complexity index is 856. The van der Waals surface area contributed by atoms with Crippen LogP contribution in [0.1, 0.15) is 31.4 Å². The van der Waals surface area contributed by atoms with Crippen LogP contribution in [-0.2, 0) is 4.79 Å². The minimum absolute atomic E-state index is 0.199. The molecule has 0 fully saturated rings. The number of thioether (sulfide) groups is 2. The molecule has 0 saturated heterocycles. The molecule has 0 spiro atoms. The lowest BCUT2D eigenvalue weighted by Gasteiger charge is -2.34. The van der Waals surface area contributed by atoms with Crippen molar-refractivity contribution in [3.63, 3.8) is 0 Å². The predicted molar refractivity (Wildman–Crippen MR) is 102 cm³/mol. The maximum absolute atomic E-state index is 12.9. The Labute approximate surface area is 155 Å². The van der Waals surface area contributed by atoms with Gasteiger partial charge in [0.2, 0.25) is 11.1 Å². The first-order chi connectivity index (χ1) is 12.1. The summed E-state index contributed by atoms with van der Waals surface area (Å²) in [4.78, 5) is 18.6. The van der Waals surface area contributed by atoms with Gasteiger partial charge in [0.25, 0.3) is 0 Å². The number of hydrogen-bond donors (Lipinski definition) is 1. The van der Waals surface area contributed by atoms with E-state index in [1.54, 1.807) is 11.8 Å². The van der Waals surface area contributed by atoms with E-state index in [0.29, 0.717) is 17.5 Å². The van der Waals surface area contributed by atoms with Crippen LogP contribution in [0.15, 0.2) is 45.6 Å². The quantitative estimate of drug-likeness (QED) is 0.822. The van der Waals surface area contributed by atoms with Crippen molar-refractivity contribution in [1.82, 2.24) is 14.8 Å². The number of fused-ring (bicyclic) bond motifs is 1. The van der Waals surface area contributed by atoms with Crippen molar-refractivity contribution in [2.75, 3.05) is 17.8 Å². The van der Waals surface area contributed by atoms with Crippen LogP contribution in [0.25, 0.3) is 0 Å². The molecule has 2 aliphatic rings. The average Bonchev–Trinajstić information content (AvgIpc) is 3.02. The molecular formula is C18H20N4OS2. The number of aromatic nitrogens is 3. The van der Waals surface area contributed by atoms with E-state index in [2.05, 4.69) is 52.8 Å². The zero-order chi connectivity index (χ0) is 17.6. The fraction of sp³-hybridized carbons (Fsp3) is 0.389. The number of rotatable bonds is 3. The second-order valence-corrected chi connectivity index (χ2v) is 8.15. The lowest BCUT2D eigenvalue weighted by Crippen LogP contribution is -2.33. The van der Waals surface area contributed by atoms with E-state index in [1.165, 1.54) is 16.7 Å². The van der Waals surface area contributed by atoms with Gasteiger partial charge < -0.3 is 5.32 Å². The first-order valence-electron chi connectivity index (χ1n) is 8.28. The van der Waals surface area contributed by atoms with Gasteiger partial charge in [-0.25, -0.2) is 4.68 Å². The van der Waals surface area contributed by atoms with E-state index in [1.807, 2.05) is 10.9 Å². The average molecular weight is 373 g/mol. The maximum atomic E-state index is 12.9. The molecule has 4 rings (SSSR count). The monoisotopic (exact) mass is 372 g/mol. The molecule has 2 atom stereocenters. The number of ketones is 1. The van der Waals surface area contributed by atoms with E-state index in [0.717, 1.165) is 29.2 Å². The van der Waals surface area contributed by atoms with Crippen molar-refractivity contribution in [2.24, 2.45) is 5.92 Å². The number of Topliss-reactive ketones (excluding diaryl/α,β-unsaturated/α-hetero) is 1. The van der Waals surface area contributed by atoms with Gasteiger partial charge in [-0.15, -0.1) is 16.9 Å². The van der Waals surface area contributed by atoms with Crippen LogP contribution in [-0.4, -0.2) is 33.1 Å². The van der Waals surface area contributed by atoms with Crippen LogP contribution in [0.4, 0.5) is 5.95 Å². The third-order valence-electron chi connectivity index (χ3n) is 4.72. The molecule has 1 aromatic heterocycles. The number of carbonyl (C=O) groups excluding carboxylic acids is 1. The van der Waals surface area contributed by atoms with Gasteiger partial charge in [-0.05, 0) is 42.5 Å². The standard InChI is InChI=1S/C18H20N4OS2/c1-10-8-13-15(14(23)9-10)16(11-4-6-12(24-2)7-5-11)22-17(19-13)20-18(21-22)25-3/h4-7,10,16H,8-9H2,1-3H3,(H,19,20,21)/t10-,16+/m0/s1. The van der Waals surface area contributed by atoms with Crippen LogP contribution in [0.3, 0.4) is 0 Å². The van der Waals surface area contributed by atoms with Crippen molar-refractivity contribution in [3.05, 3.63) is 41.1 Å². The van der Waals surface area contributed by atoms with Gasteiger partial charge in [0, 0.05) is 22.6 Å². The van der Waals surface area contributed by atoms with Gasteiger partial charge in [0.05, 0.1) is 0 Å². The molecule has 0 saturated carbocycles. The minimum atomic E-state index is -0.199. The molecule has 0 amide bonds. The molecular weight excluding hydrogens is 352 g/mol. The fourth-order valence-corrected chi connectivity index (χ4v) is 4.32. The van der Waals surface area contributed by atoms with Gasteiger partial charge in [0.1, 0.15) is 6.04 Å². The third kappa shape index (κ3) is 2.89. The summed E-state index contributed by atoms with van der Waals surface area (Å²) in [5.74, 6) is 1.30. The number of nitrogens with zero attached hydrogens (tertiary/aromatic N) is 3. The molecule has 1 aliphatic heterocycles. The van der Waals surface area contributed by atoms with E-state index >= 15 is 0 Å². The summed E-state index contributed by atoms with van der Waals surface area (Å²) in [7, 11) is 0. The molecule has 2 heterocycles. The third-order valence-corrected chi connectivity index (χ3v) is 6.00. The molecule has 0 unspecified atom stereocenters. The molecule has 130 valence electrons. The number of carbonyl (C=O) groups is 1. The van der Waals surface area contributed by atoms with Gasteiger partial charge >= 0.3 is 0 Å². The molecule has 1 N–H and O–H groups in total. The molecule has 5 nitrogen and oxygen atoms in total. The van der Waals surface area contributed by atoms with Crippen molar-refractivity contribution in [1.29, 1.82) is 0 Å². The Balaban J connectivity index is 1.87. The molecule has 7 heteroatoms. The number of hydrogen-bond acceptors (Lipinski definition) is 6. The highest BCUT2D eigenvalue weighted by molar-refractivity contribution is 7.98. The topological polar surface area (TPSA) is 59.8 Å². The summed E-state index contributed by atoms with van der Waals surface area (Å²) in [6.07, 6.45) is 5.50. The van der Waals surface area contributed by atoms with Crippen LogP contribution in [0, 0.1) is 5.92 Å². The van der Waals surface area contributed by atoms with Gasteiger partial charge in [-0.2, -0.15) is 4.98 Å². The lowest BCUT2D eigenvalue weighted by atomic mass is 9.81. The van der Waals surface area contributed by atoms with Crippen molar-refractivity contribution in [2.45, 2.75) is 35.9 Å². The maximum Gasteiger partial charge on any atom is 0.227 e. The van der Waals surface area contributed by atoms with Gasteiger partial charge in [0.15, 0.2) is 5.78 Å². The number of benzene rings is 1. The highest BCUT2D eigenvalue weighted by Crippen LogP contribution is 2.41. The molecule has 2 aromatic rings. The second kappa shape index (κ2) is 6.53. The summed E-state index contributed by atoms with van der Waals surface area (Å²) in [5.41, 5.74) is 2.93. The summed E-state index contributed by atoms with van der Waals surface area (Å²) < 4.78 is 1.87. The molecule has 0 radical (unpaired) electrons. The van der Waals surface area contributed by atoms with E-state index < -0.39 is 0 Å². The van der Waals surface area contributed by atoms with Crippen LogP contribution >= 0.6 is 23.5 Å². The SMILES string of the molecule is CSc1ccc([C@@H]2C3=C(C[C@H](C)CC3=O)Nc3nc(SC)nn32)cc1. The van der Waals surface area contributed by atoms with Crippen molar-refractivity contribution < 1.29 is 4.79 Å². The van der Waals surface area contributed by atoms with E-state index in [4.69, 9.17) is 0 Å². The van der Waals surface area contributed by atoms with E-state index in [-0.39, 0.29) is 11.8 Å². The van der Waals surface area contributed by atoms with Crippen molar-refractivity contribution in [3.8, 4) is 0 Å². The zero-order valence-electron chi connectivity index (χ0n) is 14.4. The number of anilines is 1. The highest BCUT2D eigenvalue weighted by Gasteiger charge is 2.38. The normalized spacial score (nSPS) is 22.4. The Kier molecular flexibility index (Phi) is 4.37. The van der Waals surface area contributed by atoms with Gasteiger partial charge in [-0.3, -0.25) is 4.79 Å². The number of nitrogens with one attached hydrogen (secondary N) is 1. The Morgan fingerprint density at radius 1 is 1.16 bits per heavy atom. The fourth-order valence-electron chi connectivity index (χ4n) is 3.57. The summed E-state index contributed by atoms with van der Waals surface area (Å²) in [6, 6.07) is 8.20. The minimum Gasteiger partial charge on any atom is -0.328 e. The first-order valence-corrected chi connectivity index (χ1v) is 10.7. The molecule has 25 heavy (non-hydrogen) atoms. The summed E-state index contributed by atoms with van der Waals surface area (Å²) >= 11 is 3.22. The second-order valence-electron chi connectivity index (χ2n) is 6.50. The molecule has 0 bridgehead atoms. The molecule has 1 aliphatic carbocycles. The van der Waals surface area contributed by atoms with Gasteiger partial charge in [-0.1, -0.05) is 30.8 Å². The smallest absolute Gasteiger partial charge is 0.227 e. The summed E-state index contributed by atoms with van der Waals surface area (Å²) in [6.45, 7) is 2.12. The Morgan fingerprint density at radius 2 is 1.92 bits per heavy atom. The van der Waals surface area contributed by atoms with Crippen LogP contribution < -0.4 is 5.32 Å². The predicted octanol–water partition coefficient (Wildman–Crippen LogP) is 3.99. The van der Waals surface area contributed by atoms with E-state index in [9.17, 15) is 4.79 Å². The van der Waals surface area contributed by atoms with Crippen molar-refractivity contribution >= 4 is 35.3 Å². The first kappa shape index (κ1) is 16.7. The Morgan fingerprint density at radius 3 is 2.60 bits per heavy atom. The largest absolute Gasteiger partial charge is 0.328 e. The number of allylic oxidation sites excluding steroid dienone is 2. The zero-order valence-corrected chi connectivity index (χ0v) is 16.1. The Hall–Kier alpha value is -1.73. The summed E-state index contributed by atoms with van der Waals surface area (Å²) in [5, 5.41) is 8.71. The van der Waals surface area contributed by atoms with Crippen LogP contribution in [0.5, 0.6) is 0 Å². The molecule has 1 aromatic carbocycles. The van der Waals surface area contributed by atoms with Crippen LogP contribution in [0.2, 0.25) is 0 Å². The highest BCUT2D eigenvalue weighted by atomic mass is 32.2. The lowest BCUT2D eigenvalue weighted by molar-refractivity contribution is -0.117.